The topological polar surface area (TPSA) is 73.6 Å². The van der Waals surface area contributed by atoms with E-state index in [1.165, 1.54) is 0 Å². The van der Waals surface area contributed by atoms with E-state index in [1.807, 2.05) is 6.92 Å². The van der Waals surface area contributed by atoms with Crippen molar-refractivity contribution in [3.05, 3.63) is 0 Å². The second kappa shape index (κ2) is 9.57. The van der Waals surface area contributed by atoms with Gasteiger partial charge in [-0.2, -0.15) is 0 Å². The highest BCUT2D eigenvalue weighted by atomic mass is 16.5. The van der Waals surface area contributed by atoms with Crippen LogP contribution in [0.4, 0.5) is 0 Å². The van der Waals surface area contributed by atoms with Gasteiger partial charge in [-0.25, -0.2) is 0 Å². The van der Waals surface area contributed by atoms with Gasteiger partial charge in [0.1, 0.15) is 0 Å². The Kier molecular flexibility index (Phi) is 9.18. The number of methoxy groups -OCH3 is 2. The first-order valence-electron chi connectivity index (χ1n) is 5.65. The van der Waals surface area contributed by atoms with Crippen LogP contribution in [0.25, 0.3) is 0 Å². The van der Waals surface area contributed by atoms with Crippen molar-refractivity contribution in [3.63, 3.8) is 0 Å². The molecule has 0 saturated heterocycles. The quantitative estimate of drug-likeness (QED) is 0.560. The zero-order valence-corrected chi connectivity index (χ0v) is 10.5. The Morgan fingerprint density at radius 3 is 2.44 bits per heavy atom. The maximum Gasteiger partial charge on any atom is 0.237 e. The van der Waals surface area contributed by atoms with E-state index < -0.39 is 6.04 Å². The average Bonchev–Trinajstić information content (AvgIpc) is 2.26. The highest BCUT2D eigenvalue weighted by Crippen LogP contribution is 1.97. The van der Waals surface area contributed by atoms with Crippen molar-refractivity contribution in [3.8, 4) is 0 Å². The largest absolute Gasteiger partial charge is 0.385 e. The summed E-state index contributed by atoms with van der Waals surface area (Å²) in [6.07, 6.45) is 2.25. The number of nitrogens with one attached hydrogen (secondary N) is 1. The third-order valence-electron chi connectivity index (χ3n) is 2.34. The van der Waals surface area contributed by atoms with Gasteiger partial charge in [-0.15, -0.1) is 0 Å². The van der Waals surface area contributed by atoms with Crippen LogP contribution in [0.5, 0.6) is 0 Å². The van der Waals surface area contributed by atoms with Gasteiger partial charge in [-0.05, 0) is 26.2 Å². The molecule has 0 fully saturated rings. The van der Waals surface area contributed by atoms with E-state index >= 15 is 0 Å². The third kappa shape index (κ3) is 7.62. The highest BCUT2D eigenvalue weighted by Gasteiger charge is 2.14. The fourth-order valence-corrected chi connectivity index (χ4v) is 1.30. The molecule has 0 spiro atoms. The first kappa shape index (κ1) is 15.3. The molecule has 96 valence electrons. The standard InChI is InChI=1S/C11H24N2O3/c1-9(6-8-16-3)13-11(14)10(12)5-4-7-15-2/h9-10H,4-8,12H2,1-3H3,(H,13,14). The summed E-state index contributed by atoms with van der Waals surface area (Å²) in [5.41, 5.74) is 5.74. The molecular formula is C11H24N2O3. The average molecular weight is 232 g/mol. The van der Waals surface area contributed by atoms with Crippen molar-refractivity contribution in [1.82, 2.24) is 5.32 Å². The van der Waals surface area contributed by atoms with E-state index in [-0.39, 0.29) is 11.9 Å². The zero-order valence-electron chi connectivity index (χ0n) is 10.5. The Hall–Kier alpha value is -0.650. The first-order valence-corrected chi connectivity index (χ1v) is 5.65. The number of rotatable bonds is 9. The summed E-state index contributed by atoms with van der Waals surface area (Å²) in [5, 5.41) is 2.86. The summed E-state index contributed by atoms with van der Waals surface area (Å²) in [6.45, 7) is 3.22. The molecule has 2 atom stereocenters. The second-order valence-electron chi connectivity index (χ2n) is 3.93. The summed E-state index contributed by atoms with van der Waals surface area (Å²) >= 11 is 0. The molecule has 0 aromatic carbocycles. The summed E-state index contributed by atoms with van der Waals surface area (Å²) in [4.78, 5) is 11.6. The molecule has 2 unspecified atom stereocenters. The van der Waals surface area contributed by atoms with Gasteiger partial charge in [-0.3, -0.25) is 4.79 Å². The van der Waals surface area contributed by atoms with E-state index in [9.17, 15) is 4.79 Å². The molecule has 0 radical (unpaired) electrons. The fraction of sp³-hybridized carbons (Fsp3) is 0.909. The summed E-state index contributed by atoms with van der Waals surface area (Å²) in [5.74, 6) is -0.0975. The molecule has 0 aliphatic rings. The molecule has 0 saturated carbocycles. The number of carbonyl (C=O) groups is 1. The minimum absolute atomic E-state index is 0.0975. The molecule has 0 bridgehead atoms. The van der Waals surface area contributed by atoms with E-state index in [1.54, 1.807) is 14.2 Å². The van der Waals surface area contributed by atoms with Gasteiger partial charge < -0.3 is 20.5 Å². The van der Waals surface area contributed by atoms with E-state index in [2.05, 4.69) is 5.32 Å². The number of hydrogen-bond acceptors (Lipinski definition) is 4. The van der Waals surface area contributed by atoms with Crippen molar-refractivity contribution < 1.29 is 14.3 Å². The molecule has 0 aromatic heterocycles. The maximum atomic E-state index is 11.6. The van der Waals surface area contributed by atoms with Gasteiger partial charge in [0.15, 0.2) is 0 Å². The molecule has 3 N–H and O–H groups in total. The Bertz CT molecular complexity index is 188. The molecule has 1 amide bonds. The number of hydrogen-bond donors (Lipinski definition) is 2. The molecular weight excluding hydrogens is 208 g/mol. The Morgan fingerprint density at radius 2 is 1.88 bits per heavy atom. The minimum Gasteiger partial charge on any atom is -0.385 e. The Labute approximate surface area is 97.7 Å². The Balaban J connectivity index is 3.68. The lowest BCUT2D eigenvalue weighted by Crippen LogP contribution is -2.44. The first-order chi connectivity index (χ1) is 7.61. The summed E-state index contributed by atoms with van der Waals surface area (Å²) < 4.78 is 9.84. The van der Waals surface area contributed by atoms with Crippen molar-refractivity contribution in [2.24, 2.45) is 5.73 Å². The van der Waals surface area contributed by atoms with Crippen LogP contribution in [0.1, 0.15) is 26.2 Å². The van der Waals surface area contributed by atoms with Crippen LogP contribution in [-0.2, 0) is 14.3 Å². The molecule has 0 rings (SSSR count). The maximum absolute atomic E-state index is 11.6. The van der Waals surface area contributed by atoms with Crippen LogP contribution >= 0.6 is 0 Å². The number of amides is 1. The molecule has 0 heterocycles. The third-order valence-corrected chi connectivity index (χ3v) is 2.34. The van der Waals surface area contributed by atoms with E-state index in [4.69, 9.17) is 15.2 Å². The van der Waals surface area contributed by atoms with Gasteiger partial charge in [0, 0.05) is 33.5 Å². The van der Waals surface area contributed by atoms with Crippen molar-refractivity contribution in [2.45, 2.75) is 38.3 Å². The Morgan fingerprint density at radius 1 is 1.25 bits per heavy atom. The number of ether oxygens (including phenoxy) is 2. The summed E-state index contributed by atoms with van der Waals surface area (Å²) in [7, 11) is 3.28. The van der Waals surface area contributed by atoms with E-state index in [0.717, 1.165) is 12.8 Å². The lowest BCUT2D eigenvalue weighted by molar-refractivity contribution is -0.123. The molecule has 5 heteroatoms. The zero-order chi connectivity index (χ0) is 12.4. The number of nitrogens with two attached hydrogens (primary N) is 1. The van der Waals surface area contributed by atoms with Gasteiger partial charge in [0.05, 0.1) is 6.04 Å². The number of carbonyl (C=O) groups excluding carboxylic acids is 1. The van der Waals surface area contributed by atoms with Gasteiger partial charge in [0.25, 0.3) is 0 Å². The predicted octanol–water partition coefficient (Wildman–Crippen LogP) is 0.282. The van der Waals surface area contributed by atoms with Gasteiger partial charge >= 0.3 is 0 Å². The molecule has 5 nitrogen and oxygen atoms in total. The van der Waals surface area contributed by atoms with E-state index in [0.29, 0.717) is 19.6 Å². The minimum atomic E-state index is -0.444. The van der Waals surface area contributed by atoms with Crippen LogP contribution in [0, 0.1) is 0 Å². The highest BCUT2D eigenvalue weighted by molar-refractivity contribution is 5.81. The van der Waals surface area contributed by atoms with Crippen molar-refractivity contribution in [1.29, 1.82) is 0 Å². The SMILES string of the molecule is COCCCC(N)C(=O)NC(C)CCOC. The fourth-order valence-electron chi connectivity index (χ4n) is 1.30. The lowest BCUT2D eigenvalue weighted by atomic mass is 10.1. The molecule has 16 heavy (non-hydrogen) atoms. The normalized spacial score (nSPS) is 14.5. The van der Waals surface area contributed by atoms with Gasteiger partial charge in [-0.1, -0.05) is 0 Å². The van der Waals surface area contributed by atoms with Gasteiger partial charge in [0.2, 0.25) is 5.91 Å². The van der Waals surface area contributed by atoms with Crippen LogP contribution in [0.15, 0.2) is 0 Å². The molecule has 0 aliphatic carbocycles. The monoisotopic (exact) mass is 232 g/mol. The van der Waals surface area contributed by atoms with Crippen molar-refractivity contribution in [2.75, 3.05) is 27.4 Å². The smallest absolute Gasteiger partial charge is 0.237 e. The lowest BCUT2D eigenvalue weighted by Gasteiger charge is -2.17. The summed E-state index contributed by atoms with van der Waals surface area (Å²) in [6, 6.07) is -0.346. The molecule has 0 aromatic rings. The van der Waals surface area contributed by atoms with Crippen LogP contribution in [0.2, 0.25) is 0 Å². The van der Waals surface area contributed by atoms with Crippen LogP contribution < -0.4 is 11.1 Å². The second-order valence-corrected chi connectivity index (χ2v) is 3.93. The van der Waals surface area contributed by atoms with Crippen LogP contribution in [0.3, 0.4) is 0 Å². The molecule has 0 aliphatic heterocycles. The van der Waals surface area contributed by atoms with Crippen molar-refractivity contribution >= 4 is 5.91 Å². The predicted molar refractivity (Wildman–Crippen MR) is 63.2 cm³/mol. The van der Waals surface area contributed by atoms with Crippen LogP contribution in [-0.4, -0.2) is 45.4 Å².